The zero-order valence-electron chi connectivity index (χ0n) is 15.5. The molecule has 3 rings (SSSR count). The third-order valence-electron chi connectivity index (χ3n) is 4.76. The summed E-state index contributed by atoms with van der Waals surface area (Å²) >= 11 is 0. The van der Waals surface area contributed by atoms with Crippen molar-refractivity contribution in [1.82, 2.24) is 5.32 Å². The van der Waals surface area contributed by atoms with E-state index >= 15 is 4.39 Å². The van der Waals surface area contributed by atoms with Gasteiger partial charge in [-0.3, -0.25) is 4.79 Å². The van der Waals surface area contributed by atoms with E-state index in [9.17, 15) is 25.2 Å². The van der Waals surface area contributed by atoms with Gasteiger partial charge < -0.3 is 35.2 Å². The van der Waals surface area contributed by atoms with Crippen LogP contribution in [0.5, 0.6) is 11.5 Å². The molecule has 1 aliphatic heterocycles. The predicted octanol–water partition coefficient (Wildman–Crippen LogP) is 0.492. The largest absolute Gasteiger partial charge is 0.454 e. The Hall–Kier alpha value is -2.56. The van der Waals surface area contributed by atoms with E-state index in [1.165, 1.54) is 49.5 Å². The summed E-state index contributed by atoms with van der Waals surface area (Å²) in [5.41, 5.74) is 0.316. The van der Waals surface area contributed by atoms with E-state index in [-0.39, 0.29) is 23.0 Å². The number of aliphatic hydroxyl groups is 4. The molecule has 0 aromatic heterocycles. The molecule has 0 unspecified atom stereocenters. The summed E-state index contributed by atoms with van der Waals surface area (Å²) in [6.07, 6.45) is -7.23. The highest BCUT2D eigenvalue weighted by molar-refractivity contribution is 5.94. The number of aliphatic hydroxyl groups excluding tert-OH is 4. The van der Waals surface area contributed by atoms with E-state index in [4.69, 9.17) is 9.47 Å². The van der Waals surface area contributed by atoms with Crippen molar-refractivity contribution in [3.05, 3.63) is 59.4 Å². The minimum atomic E-state index is -1.62. The molecule has 0 bridgehead atoms. The number of hydrogen-bond acceptors (Lipinski definition) is 7. The Morgan fingerprint density at radius 2 is 1.79 bits per heavy atom. The molecule has 156 valence electrons. The quantitative estimate of drug-likeness (QED) is 0.488. The molecule has 0 radical (unpaired) electrons. The Morgan fingerprint density at radius 3 is 2.41 bits per heavy atom. The second kappa shape index (κ2) is 8.85. The Kier molecular flexibility index (Phi) is 6.46. The molecule has 0 aliphatic carbocycles. The van der Waals surface area contributed by atoms with Crippen molar-refractivity contribution in [2.24, 2.45) is 0 Å². The fourth-order valence-corrected chi connectivity index (χ4v) is 3.13. The van der Waals surface area contributed by atoms with Gasteiger partial charge in [0.1, 0.15) is 36.3 Å². The van der Waals surface area contributed by atoms with Crippen LogP contribution >= 0.6 is 0 Å². The fourth-order valence-electron chi connectivity index (χ4n) is 3.13. The highest BCUT2D eigenvalue weighted by Crippen LogP contribution is 2.37. The van der Waals surface area contributed by atoms with Gasteiger partial charge in [0.05, 0.1) is 6.61 Å². The number of carbonyl (C=O) groups is 1. The number of rotatable bonds is 5. The fraction of sp³-hybridized carbons (Fsp3) is 0.350. The molecule has 8 nitrogen and oxygen atoms in total. The highest BCUT2D eigenvalue weighted by Gasteiger charge is 2.45. The van der Waals surface area contributed by atoms with Crippen molar-refractivity contribution in [3.8, 4) is 11.5 Å². The molecule has 5 atom stereocenters. The lowest BCUT2D eigenvalue weighted by Gasteiger charge is -2.40. The van der Waals surface area contributed by atoms with E-state index in [1.54, 1.807) is 0 Å². The van der Waals surface area contributed by atoms with Crippen molar-refractivity contribution in [1.29, 1.82) is 0 Å². The van der Waals surface area contributed by atoms with Crippen LogP contribution in [0.4, 0.5) is 4.39 Å². The summed E-state index contributed by atoms with van der Waals surface area (Å²) in [4.78, 5) is 11.6. The number of hydrogen-bond donors (Lipinski definition) is 5. The number of halogens is 1. The highest BCUT2D eigenvalue weighted by atomic mass is 19.1. The normalized spacial score (nSPS) is 26.8. The smallest absolute Gasteiger partial charge is 0.251 e. The second-order valence-corrected chi connectivity index (χ2v) is 6.61. The van der Waals surface area contributed by atoms with E-state index in [0.717, 1.165) is 0 Å². The first-order chi connectivity index (χ1) is 13.9. The van der Waals surface area contributed by atoms with Gasteiger partial charge in [0.2, 0.25) is 0 Å². The van der Waals surface area contributed by atoms with Crippen molar-refractivity contribution in [2.75, 3.05) is 13.7 Å². The zero-order valence-corrected chi connectivity index (χ0v) is 15.5. The summed E-state index contributed by atoms with van der Waals surface area (Å²) in [7, 11) is 1.51. The van der Waals surface area contributed by atoms with Crippen LogP contribution in [0, 0.1) is 5.82 Å². The molecule has 1 saturated heterocycles. The molecular formula is C20H22FNO7. The molecule has 1 aliphatic rings. The number of carbonyl (C=O) groups excluding carboxylic acids is 1. The van der Waals surface area contributed by atoms with Crippen LogP contribution in [0.2, 0.25) is 0 Å². The third-order valence-corrected chi connectivity index (χ3v) is 4.76. The lowest BCUT2D eigenvalue weighted by atomic mass is 9.91. The van der Waals surface area contributed by atoms with Crippen molar-refractivity contribution < 1.29 is 39.1 Å². The molecule has 1 fully saturated rings. The summed E-state index contributed by atoms with van der Waals surface area (Å²) in [6, 6.07) is 10.3. The molecule has 9 heteroatoms. The SMILES string of the molecule is CNC(=O)c1ccc(Oc2cccc([C@H]3O[C@H](CO)[C@@H](O)[C@H](O)[C@H]3O)c2F)cc1. The van der Waals surface area contributed by atoms with E-state index in [2.05, 4.69) is 5.32 Å². The van der Waals surface area contributed by atoms with Crippen molar-refractivity contribution >= 4 is 5.91 Å². The van der Waals surface area contributed by atoms with Crippen LogP contribution in [0.15, 0.2) is 42.5 Å². The monoisotopic (exact) mass is 407 g/mol. The Balaban J connectivity index is 1.85. The number of benzene rings is 2. The van der Waals surface area contributed by atoms with Crippen LogP contribution in [0.3, 0.4) is 0 Å². The number of nitrogens with one attached hydrogen (secondary N) is 1. The van der Waals surface area contributed by atoms with Crippen molar-refractivity contribution in [3.63, 3.8) is 0 Å². The molecular weight excluding hydrogens is 385 g/mol. The summed E-state index contributed by atoms with van der Waals surface area (Å²) in [5, 5.41) is 41.8. The first-order valence-electron chi connectivity index (χ1n) is 8.96. The summed E-state index contributed by atoms with van der Waals surface area (Å²) < 4.78 is 26.0. The van der Waals surface area contributed by atoms with Gasteiger partial charge in [-0.1, -0.05) is 12.1 Å². The van der Waals surface area contributed by atoms with E-state index in [0.29, 0.717) is 5.56 Å². The summed E-state index contributed by atoms with van der Waals surface area (Å²) in [6.45, 7) is -0.614. The minimum absolute atomic E-state index is 0.0959. The van der Waals surface area contributed by atoms with Gasteiger partial charge in [-0.2, -0.15) is 0 Å². The standard InChI is InChI=1S/C20H22FNO7/c1-22-20(27)10-5-7-11(8-6-10)28-13-4-2-3-12(15(13)21)19-18(26)17(25)16(24)14(9-23)29-19/h2-8,14,16-19,23-26H,9H2,1H3,(H,22,27)/t14-,16-,17+,18-,19-/m1/s1. The topological polar surface area (TPSA) is 128 Å². The Bertz CT molecular complexity index is 858. The lowest BCUT2D eigenvalue weighted by Crippen LogP contribution is -2.55. The zero-order chi connectivity index (χ0) is 21.1. The van der Waals surface area contributed by atoms with Crippen LogP contribution < -0.4 is 10.1 Å². The molecule has 5 N–H and O–H groups in total. The van der Waals surface area contributed by atoms with Crippen LogP contribution in [0.25, 0.3) is 0 Å². The average molecular weight is 407 g/mol. The maximum Gasteiger partial charge on any atom is 0.251 e. The van der Waals surface area contributed by atoms with Gasteiger partial charge in [0.15, 0.2) is 11.6 Å². The van der Waals surface area contributed by atoms with Gasteiger partial charge in [-0.15, -0.1) is 0 Å². The van der Waals surface area contributed by atoms with Gasteiger partial charge >= 0.3 is 0 Å². The molecule has 0 saturated carbocycles. The molecule has 29 heavy (non-hydrogen) atoms. The van der Waals surface area contributed by atoms with Gasteiger partial charge in [0, 0.05) is 18.2 Å². The second-order valence-electron chi connectivity index (χ2n) is 6.61. The first kappa shape index (κ1) is 21.2. The Labute approximate surface area is 166 Å². The molecule has 1 heterocycles. The number of ether oxygens (including phenoxy) is 2. The molecule has 2 aromatic carbocycles. The third kappa shape index (κ3) is 4.24. The summed E-state index contributed by atoms with van der Waals surface area (Å²) in [5.74, 6) is -0.978. The maximum absolute atomic E-state index is 15.0. The van der Waals surface area contributed by atoms with Gasteiger partial charge in [-0.25, -0.2) is 4.39 Å². The predicted molar refractivity (Wildman–Crippen MR) is 99.0 cm³/mol. The molecule has 0 spiro atoms. The average Bonchev–Trinajstić information content (AvgIpc) is 2.74. The molecule has 1 amide bonds. The Morgan fingerprint density at radius 1 is 1.10 bits per heavy atom. The minimum Gasteiger partial charge on any atom is -0.454 e. The van der Waals surface area contributed by atoms with Crippen molar-refractivity contribution in [2.45, 2.75) is 30.5 Å². The van der Waals surface area contributed by atoms with E-state index < -0.39 is 42.9 Å². The van der Waals surface area contributed by atoms with Gasteiger partial charge in [-0.05, 0) is 30.3 Å². The van der Waals surface area contributed by atoms with Crippen LogP contribution in [-0.2, 0) is 4.74 Å². The van der Waals surface area contributed by atoms with Crippen LogP contribution in [0.1, 0.15) is 22.0 Å². The van der Waals surface area contributed by atoms with E-state index in [1.807, 2.05) is 0 Å². The molecule has 2 aromatic rings. The maximum atomic E-state index is 15.0. The van der Waals surface area contributed by atoms with Crippen LogP contribution in [-0.4, -0.2) is 64.4 Å². The first-order valence-corrected chi connectivity index (χ1v) is 8.96. The van der Waals surface area contributed by atoms with Gasteiger partial charge in [0.25, 0.3) is 5.91 Å². The lowest BCUT2D eigenvalue weighted by molar-refractivity contribution is -0.232. The number of amides is 1.